The lowest BCUT2D eigenvalue weighted by atomic mass is 9.76. The van der Waals surface area contributed by atoms with Gasteiger partial charge in [-0.25, -0.2) is 8.93 Å². The molecule has 0 spiro atoms. The molecule has 0 saturated heterocycles. The van der Waals surface area contributed by atoms with Crippen molar-refractivity contribution in [2.24, 2.45) is 5.41 Å². The van der Waals surface area contributed by atoms with Crippen LogP contribution in [0.4, 0.5) is 11.4 Å². The highest BCUT2D eigenvalue weighted by Gasteiger charge is 2.35. The first-order valence-electron chi connectivity index (χ1n) is 9.72. The van der Waals surface area contributed by atoms with Crippen LogP contribution >= 0.6 is 0 Å². The number of aromatic nitrogens is 2. The monoisotopic (exact) mass is 424 g/mol. The van der Waals surface area contributed by atoms with Gasteiger partial charge in [0.05, 0.1) is 29.2 Å². The van der Waals surface area contributed by atoms with Crippen LogP contribution in [-0.2, 0) is 24.2 Å². The normalized spacial score (nSPS) is 16.2. The van der Waals surface area contributed by atoms with Crippen LogP contribution in [0.15, 0.2) is 48.7 Å². The van der Waals surface area contributed by atoms with Gasteiger partial charge < -0.3 is 10.3 Å². The number of carbonyl (C=O) groups excluding carboxylic acids is 1. The van der Waals surface area contributed by atoms with Crippen molar-refractivity contribution in [2.45, 2.75) is 33.2 Å². The number of nitrogens with one attached hydrogen (secondary N) is 3. The van der Waals surface area contributed by atoms with Gasteiger partial charge in [-0.15, -0.1) is 0 Å². The van der Waals surface area contributed by atoms with E-state index in [-0.39, 0.29) is 17.7 Å². The molecule has 156 valence electrons. The van der Waals surface area contributed by atoms with Crippen molar-refractivity contribution in [1.82, 2.24) is 14.7 Å². The number of hydrogen-bond donors (Lipinski definition) is 4. The van der Waals surface area contributed by atoms with Crippen LogP contribution in [0.3, 0.4) is 0 Å². The second-order valence-corrected chi connectivity index (χ2v) is 9.05. The number of Topliss-reactive ketones (excluding diaryl/α,β-unsaturated/α-hetero) is 1. The highest BCUT2D eigenvalue weighted by molar-refractivity contribution is 7.77. The summed E-state index contributed by atoms with van der Waals surface area (Å²) in [6, 6.07) is 13.5. The lowest BCUT2D eigenvalue weighted by molar-refractivity contribution is 0.0912. The average Bonchev–Trinajstić information content (AvgIpc) is 3.04. The van der Waals surface area contributed by atoms with E-state index in [4.69, 9.17) is 4.55 Å². The van der Waals surface area contributed by atoms with E-state index in [0.717, 1.165) is 34.7 Å². The van der Waals surface area contributed by atoms with Crippen LogP contribution in [0, 0.1) is 5.41 Å². The van der Waals surface area contributed by atoms with E-state index in [1.807, 2.05) is 42.5 Å². The summed E-state index contributed by atoms with van der Waals surface area (Å²) in [7, 11) is 0. The third-order valence-corrected chi connectivity index (χ3v) is 5.57. The summed E-state index contributed by atoms with van der Waals surface area (Å²) in [5, 5.41) is 3.43. The number of hydrogen-bond acceptors (Lipinski definition) is 4. The van der Waals surface area contributed by atoms with Crippen LogP contribution in [0.1, 0.15) is 42.0 Å². The fourth-order valence-corrected chi connectivity index (χ4v) is 4.20. The first-order chi connectivity index (χ1) is 14.3. The van der Waals surface area contributed by atoms with Crippen molar-refractivity contribution < 1.29 is 13.6 Å². The Hall–Kier alpha value is -2.81. The SMILES string of the molecule is CC1(C)CC(=O)c2c([nH]c(-c3ccnc(CNS(=O)O)c3)c2Nc2ccccc2)C1. The minimum absolute atomic E-state index is 0.102. The topological polar surface area (TPSA) is 107 Å². The van der Waals surface area contributed by atoms with E-state index in [1.54, 1.807) is 6.20 Å². The van der Waals surface area contributed by atoms with Gasteiger partial charge >= 0.3 is 0 Å². The number of para-hydroxylation sites is 1. The molecule has 1 unspecified atom stereocenters. The number of nitrogens with zero attached hydrogens (tertiary/aromatic N) is 1. The van der Waals surface area contributed by atoms with Gasteiger partial charge in [0.25, 0.3) is 0 Å². The van der Waals surface area contributed by atoms with Crippen LogP contribution < -0.4 is 10.0 Å². The second-order valence-electron chi connectivity index (χ2n) is 8.27. The number of benzene rings is 1. The van der Waals surface area contributed by atoms with Crippen molar-refractivity contribution in [3.63, 3.8) is 0 Å². The molecule has 1 aliphatic rings. The highest BCUT2D eigenvalue weighted by Crippen LogP contribution is 2.43. The van der Waals surface area contributed by atoms with Gasteiger partial charge in [0.15, 0.2) is 5.78 Å². The molecule has 2 aromatic heterocycles. The summed E-state index contributed by atoms with van der Waals surface area (Å²) in [4.78, 5) is 20.8. The Morgan fingerprint density at radius 3 is 2.70 bits per heavy atom. The van der Waals surface area contributed by atoms with Crippen LogP contribution in [0.2, 0.25) is 0 Å². The van der Waals surface area contributed by atoms with Crippen molar-refractivity contribution in [3.8, 4) is 11.3 Å². The van der Waals surface area contributed by atoms with E-state index >= 15 is 0 Å². The zero-order valence-electron chi connectivity index (χ0n) is 16.9. The Morgan fingerprint density at radius 2 is 1.97 bits per heavy atom. The van der Waals surface area contributed by atoms with Gasteiger partial charge in [-0.2, -0.15) is 0 Å². The zero-order valence-corrected chi connectivity index (χ0v) is 17.7. The first-order valence-corrected chi connectivity index (χ1v) is 10.8. The number of rotatable bonds is 6. The number of ketones is 1. The molecule has 1 aliphatic carbocycles. The Morgan fingerprint density at radius 1 is 1.20 bits per heavy atom. The first kappa shape index (κ1) is 20.5. The molecule has 30 heavy (non-hydrogen) atoms. The van der Waals surface area contributed by atoms with E-state index in [1.165, 1.54) is 0 Å². The molecule has 7 nitrogen and oxygen atoms in total. The van der Waals surface area contributed by atoms with Gasteiger partial charge in [0, 0.05) is 29.6 Å². The number of carbonyl (C=O) groups is 1. The Bertz CT molecular complexity index is 1110. The molecular formula is C22H24N4O3S. The molecule has 2 heterocycles. The molecule has 4 N–H and O–H groups in total. The molecule has 0 aliphatic heterocycles. The maximum Gasteiger partial charge on any atom is 0.232 e. The Kier molecular flexibility index (Phi) is 5.55. The van der Waals surface area contributed by atoms with Gasteiger partial charge in [-0.05, 0) is 36.1 Å². The largest absolute Gasteiger partial charge is 0.356 e. The maximum atomic E-state index is 13.1. The summed E-state index contributed by atoms with van der Waals surface area (Å²) in [5.74, 6) is 0.119. The molecule has 0 saturated carbocycles. The predicted molar refractivity (Wildman–Crippen MR) is 118 cm³/mol. The number of H-pyrrole nitrogens is 1. The highest BCUT2D eigenvalue weighted by atomic mass is 32.2. The van der Waals surface area contributed by atoms with Crippen LogP contribution in [-0.4, -0.2) is 24.5 Å². The fraction of sp³-hybridized carbons (Fsp3) is 0.273. The molecule has 1 atom stereocenters. The molecule has 4 rings (SSSR count). The van der Waals surface area contributed by atoms with Crippen molar-refractivity contribution in [3.05, 3.63) is 65.6 Å². The lowest BCUT2D eigenvalue weighted by Crippen LogP contribution is -2.26. The second kappa shape index (κ2) is 8.14. The van der Waals surface area contributed by atoms with E-state index in [0.29, 0.717) is 17.7 Å². The minimum Gasteiger partial charge on any atom is -0.356 e. The van der Waals surface area contributed by atoms with E-state index in [2.05, 4.69) is 33.9 Å². The summed E-state index contributed by atoms with van der Waals surface area (Å²) in [6.45, 7) is 4.36. The number of fused-ring (bicyclic) bond motifs is 1. The Balaban J connectivity index is 1.80. The van der Waals surface area contributed by atoms with E-state index < -0.39 is 11.3 Å². The third-order valence-electron chi connectivity index (χ3n) is 5.18. The summed E-state index contributed by atoms with van der Waals surface area (Å²) in [6.07, 6.45) is 2.93. The maximum absolute atomic E-state index is 13.1. The van der Waals surface area contributed by atoms with Crippen LogP contribution in [0.5, 0.6) is 0 Å². The molecular weight excluding hydrogens is 400 g/mol. The van der Waals surface area contributed by atoms with Crippen LogP contribution in [0.25, 0.3) is 11.3 Å². The molecule has 1 aromatic carbocycles. The van der Waals surface area contributed by atoms with Gasteiger partial charge in [-0.1, -0.05) is 32.0 Å². The smallest absolute Gasteiger partial charge is 0.232 e. The van der Waals surface area contributed by atoms with Gasteiger partial charge in [0.2, 0.25) is 11.3 Å². The number of aromatic amines is 1. The third kappa shape index (κ3) is 4.35. The Labute approximate surface area is 177 Å². The van der Waals surface area contributed by atoms with E-state index in [9.17, 15) is 9.00 Å². The molecule has 0 bridgehead atoms. The molecule has 3 aromatic rings. The summed E-state index contributed by atoms with van der Waals surface area (Å²) < 4.78 is 22.4. The minimum atomic E-state index is -2.11. The standard InChI is InChI=1S/C22H24N4O3S/c1-22(2)11-17-19(18(27)12-22)21(25-15-6-4-3-5-7-15)20(26-17)14-8-9-23-16(10-14)13-24-30(28)29/h3-10,24-26H,11-13H2,1-2H3,(H,28,29). The molecule has 8 heteroatoms. The fourth-order valence-electron chi connectivity index (χ4n) is 3.93. The van der Waals surface area contributed by atoms with Crippen molar-refractivity contribution in [1.29, 1.82) is 0 Å². The predicted octanol–water partition coefficient (Wildman–Crippen LogP) is 4.20. The average molecular weight is 425 g/mol. The lowest BCUT2D eigenvalue weighted by Gasteiger charge is -2.28. The molecule has 0 amide bonds. The van der Waals surface area contributed by atoms with Gasteiger partial charge in [-0.3, -0.25) is 14.3 Å². The number of pyridine rings is 1. The molecule has 0 fully saturated rings. The number of anilines is 2. The van der Waals surface area contributed by atoms with Crippen molar-refractivity contribution >= 4 is 28.4 Å². The summed E-state index contributed by atoms with van der Waals surface area (Å²) >= 11 is -2.11. The summed E-state index contributed by atoms with van der Waals surface area (Å²) in [5.41, 5.74) is 5.47. The van der Waals surface area contributed by atoms with Gasteiger partial charge in [0.1, 0.15) is 0 Å². The quantitative estimate of drug-likeness (QED) is 0.444. The molecule has 0 radical (unpaired) electrons. The van der Waals surface area contributed by atoms with Crippen molar-refractivity contribution in [2.75, 3.05) is 5.32 Å². The zero-order chi connectivity index (χ0) is 21.3.